The highest BCUT2D eigenvalue weighted by molar-refractivity contribution is 5.81. The van der Waals surface area contributed by atoms with Gasteiger partial charge in [0.2, 0.25) is 0 Å². The van der Waals surface area contributed by atoms with E-state index < -0.39 is 0 Å². The molecule has 2 N–H and O–H groups in total. The van der Waals surface area contributed by atoms with Crippen LogP contribution in [0.4, 0.5) is 0 Å². The summed E-state index contributed by atoms with van der Waals surface area (Å²) in [5, 5.41) is 1.78. The Morgan fingerprint density at radius 2 is 1.94 bits per heavy atom. The molecule has 18 heavy (non-hydrogen) atoms. The molecule has 0 spiro atoms. The van der Waals surface area contributed by atoms with Gasteiger partial charge < -0.3 is 10.3 Å². The average molecular weight is 244 g/mol. The number of aromatic nitrogens is 1. The van der Waals surface area contributed by atoms with Gasteiger partial charge in [0, 0.05) is 18.1 Å². The zero-order chi connectivity index (χ0) is 13.2. The summed E-state index contributed by atoms with van der Waals surface area (Å²) in [5.41, 5.74) is 5.87. The number of hydrogen-bond donors (Lipinski definition) is 1. The lowest BCUT2D eigenvalue weighted by atomic mass is 9.89. The van der Waals surface area contributed by atoms with E-state index in [9.17, 15) is 4.79 Å². The van der Waals surface area contributed by atoms with E-state index in [4.69, 9.17) is 5.73 Å². The Hall–Kier alpha value is -1.61. The van der Waals surface area contributed by atoms with Crippen LogP contribution >= 0.6 is 0 Å². The van der Waals surface area contributed by atoms with Crippen LogP contribution in [-0.4, -0.2) is 11.1 Å². The van der Waals surface area contributed by atoms with Crippen molar-refractivity contribution in [2.45, 2.75) is 26.8 Å². The number of aryl methyl sites for hydroxylation is 1. The lowest BCUT2D eigenvalue weighted by molar-refractivity contribution is 0.323. The van der Waals surface area contributed by atoms with Gasteiger partial charge in [0.15, 0.2) is 0 Å². The van der Waals surface area contributed by atoms with Crippen LogP contribution in [0.1, 0.15) is 20.3 Å². The third-order valence-corrected chi connectivity index (χ3v) is 3.47. The molecule has 3 heteroatoms. The molecule has 1 aromatic carbocycles. The number of pyridine rings is 1. The summed E-state index contributed by atoms with van der Waals surface area (Å²) >= 11 is 0. The molecule has 1 heterocycles. The monoisotopic (exact) mass is 244 g/mol. The molecular formula is C15H20N2O. The summed E-state index contributed by atoms with van der Waals surface area (Å²) in [6.45, 7) is 5.60. The Bertz CT molecular complexity index is 599. The first kappa shape index (κ1) is 12.8. The molecule has 2 aromatic rings. The lowest BCUT2D eigenvalue weighted by Gasteiger charge is -2.22. The first-order chi connectivity index (χ1) is 8.53. The van der Waals surface area contributed by atoms with Gasteiger partial charge in [-0.1, -0.05) is 32.0 Å². The second-order valence-electron chi connectivity index (χ2n) is 5.52. The largest absolute Gasteiger partial charge is 0.330 e. The van der Waals surface area contributed by atoms with Crippen molar-refractivity contribution in [1.82, 2.24) is 4.57 Å². The van der Waals surface area contributed by atoms with Gasteiger partial charge in [-0.05, 0) is 35.9 Å². The lowest BCUT2D eigenvalue weighted by Crippen LogP contribution is -2.28. The van der Waals surface area contributed by atoms with Crippen LogP contribution in [0, 0.1) is 5.41 Å². The Labute approximate surface area is 107 Å². The van der Waals surface area contributed by atoms with Crippen LogP contribution in [0.3, 0.4) is 0 Å². The molecule has 0 aliphatic rings. The minimum Gasteiger partial charge on any atom is -0.330 e. The van der Waals surface area contributed by atoms with E-state index in [0.29, 0.717) is 13.1 Å². The first-order valence-corrected chi connectivity index (χ1v) is 6.32. The third kappa shape index (κ3) is 2.62. The Morgan fingerprint density at radius 1 is 1.22 bits per heavy atom. The highest BCUT2D eigenvalue weighted by Gasteiger charge is 2.15. The normalized spacial score (nSPS) is 11.9. The van der Waals surface area contributed by atoms with E-state index >= 15 is 0 Å². The number of fused-ring (bicyclic) bond motifs is 1. The first-order valence-electron chi connectivity index (χ1n) is 6.32. The van der Waals surface area contributed by atoms with E-state index in [1.54, 1.807) is 4.57 Å². The van der Waals surface area contributed by atoms with Crippen molar-refractivity contribution in [3.63, 3.8) is 0 Å². The molecule has 3 nitrogen and oxygen atoms in total. The molecule has 0 aliphatic carbocycles. The maximum Gasteiger partial charge on any atom is 0.258 e. The summed E-state index contributed by atoms with van der Waals surface area (Å²) < 4.78 is 1.78. The number of hydrogen-bond acceptors (Lipinski definition) is 2. The molecule has 0 radical (unpaired) electrons. The highest BCUT2D eigenvalue weighted by Crippen LogP contribution is 2.19. The quantitative estimate of drug-likeness (QED) is 0.897. The highest BCUT2D eigenvalue weighted by atomic mass is 16.1. The fourth-order valence-electron chi connectivity index (χ4n) is 1.93. The topological polar surface area (TPSA) is 48.0 Å². The fourth-order valence-corrected chi connectivity index (χ4v) is 1.93. The number of benzene rings is 1. The molecule has 2 rings (SSSR count). The fraction of sp³-hybridized carbons (Fsp3) is 0.400. The molecule has 0 saturated carbocycles. The van der Waals surface area contributed by atoms with Gasteiger partial charge in [-0.25, -0.2) is 0 Å². The Morgan fingerprint density at radius 3 is 2.67 bits per heavy atom. The second-order valence-corrected chi connectivity index (χ2v) is 5.52. The molecular weight excluding hydrogens is 224 g/mol. The summed E-state index contributed by atoms with van der Waals surface area (Å²) in [6.07, 6.45) is 2.78. The Kier molecular flexibility index (Phi) is 3.53. The summed E-state index contributed by atoms with van der Waals surface area (Å²) in [5.74, 6) is 0. The van der Waals surface area contributed by atoms with Crippen molar-refractivity contribution in [3.8, 4) is 0 Å². The smallest absolute Gasteiger partial charge is 0.258 e. The molecule has 0 unspecified atom stereocenters. The van der Waals surface area contributed by atoms with Gasteiger partial charge in [-0.15, -0.1) is 0 Å². The van der Waals surface area contributed by atoms with Crippen molar-refractivity contribution in [1.29, 1.82) is 0 Å². The molecule has 0 amide bonds. The standard InChI is InChI=1S/C15H20N2O/c1-15(2,11-16)8-10-17-9-7-12-5-3-4-6-13(12)14(17)18/h3-7,9H,8,10-11,16H2,1-2H3. The maximum atomic E-state index is 12.3. The zero-order valence-electron chi connectivity index (χ0n) is 11.0. The zero-order valence-corrected chi connectivity index (χ0v) is 11.0. The van der Waals surface area contributed by atoms with Crippen molar-refractivity contribution >= 4 is 10.8 Å². The van der Waals surface area contributed by atoms with Crippen LogP contribution < -0.4 is 11.3 Å². The number of rotatable bonds is 4. The van der Waals surface area contributed by atoms with Gasteiger partial charge in [0.05, 0.1) is 0 Å². The molecule has 0 saturated heterocycles. The molecule has 96 valence electrons. The summed E-state index contributed by atoms with van der Waals surface area (Å²) in [4.78, 5) is 12.3. The predicted octanol–water partition coefficient (Wildman–Crippen LogP) is 2.38. The Balaban J connectivity index is 2.30. The minimum atomic E-state index is 0.0745. The van der Waals surface area contributed by atoms with Gasteiger partial charge in [0.1, 0.15) is 0 Å². The minimum absolute atomic E-state index is 0.0745. The van der Waals surface area contributed by atoms with Crippen molar-refractivity contribution in [3.05, 3.63) is 46.9 Å². The predicted molar refractivity (Wildman–Crippen MR) is 75.7 cm³/mol. The van der Waals surface area contributed by atoms with Gasteiger partial charge in [-0.3, -0.25) is 4.79 Å². The van der Waals surface area contributed by atoms with Crippen molar-refractivity contribution in [2.24, 2.45) is 11.1 Å². The molecule has 0 bridgehead atoms. The van der Waals surface area contributed by atoms with Gasteiger partial charge in [-0.2, -0.15) is 0 Å². The second kappa shape index (κ2) is 4.94. The van der Waals surface area contributed by atoms with Crippen LogP contribution in [0.2, 0.25) is 0 Å². The molecule has 0 fully saturated rings. The number of nitrogens with zero attached hydrogens (tertiary/aromatic N) is 1. The van der Waals surface area contributed by atoms with E-state index in [-0.39, 0.29) is 11.0 Å². The van der Waals surface area contributed by atoms with Crippen LogP contribution in [0.15, 0.2) is 41.3 Å². The van der Waals surface area contributed by atoms with E-state index in [0.717, 1.165) is 17.2 Å². The summed E-state index contributed by atoms with van der Waals surface area (Å²) in [6, 6.07) is 9.68. The van der Waals surface area contributed by atoms with Gasteiger partial charge >= 0.3 is 0 Å². The average Bonchev–Trinajstić information content (AvgIpc) is 2.38. The van der Waals surface area contributed by atoms with Crippen molar-refractivity contribution in [2.75, 3.05) is 6.54 Å². The van der Waals surface area contributed by atoms with Crippen LogP contribution in [0.25, 0.3) is 10.8 Å². The third-order valence-electron chi connectivity index (χ3n) is 3.47. The number of nitrogens with two attached hydrogens (primary N) is 1. The molecule has 0 atom stereocenters. The van der Waals surface area contributed by atoms with Crippen LogP contribution in [0.5, 0.6) is 0 Å². The SMILES string of the molecule is CC(C)(CN)CCn1ccc2ccccc2c1=O. The van der Waals surface area contributed by atoms with Crippen molar-refractivity contribution < 1.29 is 0 Å². The van der Waals surface area contributed by atoms with Crippen LogP contribution in [-0.2, 0) is 6.54 Å². The van der Waals surface area contributed by atoms with E-state index in [1.165, 1.54) is 0 Å². The maximum absolute atomic E-state index is 12.3. The van der Waals surface area contributed by atoms with E-state index in [1.807, 2.05) is 36.5 Å². The van der Waals surface area contributed by atoms with E-state index in [2.05, 4.69) is 13.8 Å². The molecule has 0 aliphatic heterocycles. The van der Waals surface area contributed by atoms with Gasteiger partial charge in [0.25, 0.3) is 5.56 Å². The summed E-state index contributed by atoms with van der Waals surface area (Å²) in [7, 11) is 0. The molecule has 1 aromatic heterocycles.